The minimum absolute atomic E-state index is 0.0361. The molecular formula is C18H19F2N. The number of rotatable bonds is 2. The second kappa shape index (κ2) is 5.47. The molecule has 0 saturated heterocycles. The maximum atomic E-state index is 14.0. The summed E-state index contributed by atoms with van der Waals surface area (Å²) in [5.41, 5.74) is 3.06. The van der Waals surface area contributed by atoms with Gasteiger partial charge in [-0.1, -0.05) is 31.2 Å². The third-order valence-electron chi connectivity index (χ3n) is 4.37. The van der Waals surface area contributed by atoms with E-state index in [9.17, 15) is 8.78 Å². The zero-order valence-electron chi connectivity index (χ0n) is 12.3. The van der Waals surface area contributed by atoms with E-state index in [4.69, 9.17) is 0 Å². The molecule has 3 rings (SSSR count). The molecule has 3 heteroatoms. The third-order valence-corrected chi connectivity index (χ3v) is 4.37. The molecule has 1 aliphatic rings. The van der Waals surface area contributed by atoms with Gasteiger partial charge in [-0.3, -0.25) is 0 Å². The molecule has 2 unspecified atom stereocenters. The van der Waals surface area contributed by atoms with Crippen molar-refractivity contribution < 1.29 is 8.78 Å². The minimum atomic E-state index is -0.398. The van der Waals surface area contributed by atoms with Crippen molar-refractivity contribution in [2.75, 3.05) is 5.32 Å². The first-order chi connectivity index (χ1) is 10.1. The lowest BCUT2D eigenvalue weighted by atomic mass is 9.81. The molecule has 0 bridgehead atoms. The molecule has 2 aromatic rings. The highest BCUT2D eigenvalue weighted by molar-refractivity contribution is 5.50. The largest absolute Gasteiger partial charge is 0.376 e. The van der Waals surface area contributed by atoms with Gasteiger partial charge in [0.2, 0.25) is 0 Å². The Morgan fingerprint density at radius 2 is 1.71 bits per heavy atom. The fourth-order valence-electron chi connectivity index (χ4n) is 3.10. The van der Waals surface area contributed by atoms with Crippen LogP contribution in [0.4, 0.5) is 14.5 Å². The quantitative estimate of drug-likeness (QED) is 0.787. The number of anilines is 1. The highest BCUT2D eigenvalue weighted by atomic mass is 19.1. The molecule has 0 heterocycles. The average Bonchev–Trinajstić information content (AvgIpc) is 2.48. The minimum Gasteiger partial charge on any atom is -0.376 e. The zero-order valence-corrected chi connectivity index (χ0v) is 12.3. The van der Waals surface area contributed by atoms with Crippen molar-refractivity contribution in [2.24, 2.45) is 0 Å². The van der Waals surface area contributed by atoms with Gasteiger partial charge in [-0.15, -0.1) is 0 Å². The molecule has 0 amide bonds. The van der Waals surface area contributed by atoms with Crippen LogP contribution in [-0.4, -0.2) is 0 Å². The van der Waals surface area contributed by atoms with E-state index >= 15 is 0 Å². The van der Waals surface area contributed by atoms with Crippen LogP contribution in [0.1, 0.15) is 48.4 Å². The Hall–Kier alpha value is -1.90. The number of nitrogens with one attached hydrogen (secondary N) is 1. The second-order valence-corrected chi connectivity index (χ2v) is 5.89. The van der Waals surface area contributed by atoms with Crippen LogP contribution in [0.5, 0.6) is 0 Å². The van der Waals surface area contributed by atoms with E-state index in [0.717, 1.165) is 12.8 Å². The Morgan fingerprint density at radius 1 is 1.00 bits per heavy atom. The van der Waals surface area contributed by atoms with Crippen LogP contribution in [0.15, 0.2) is 36.4 Å². The van der Waals surface area contributed by atoms with E-state index in [0.29, 0.717) is 11.5 Å². The average molecular weight is 287 g/mol. The number of hydrogen-bond donors (Lipinski definition) is 1. The van der Waals surface area contributed by atoms with Gasteiger partial charge in [-0.25, -0.2) is 8.78 Å². The van der Waals surface area contributed by atoms with Crippen LogP contribution in [-0.2, 0) is 0 Å². The fraction of sp³-hybridized carbons (Fsp3) is 0.333. The maximum Gasteiger partial charge on any atom is 0.146 e. The van der Waals surface area contributed by atoms with Gasteiger partial charge in [0, 0.05) is 6.07 Å². The predicted octanol–water partition coefficient (Wildman–Crippen LogP) is 5.32. The molecule has 0 radical (unpaired) electrons. The molecule has 2 atom stereocenters. The number of benzene rings is 2. The first-order valence-electron chi connectivity index (χ1n) is 7.37. The van der Waals surface area contributed by atoms with Crippen molar-refractivity contribution in [2.45, 2.75) is 38.6 Å². The van der Waals surface area contributed by atoms with Crippen molar-refractivity contribution in [3.8, 4) is 0 Å². The zero-order chi connectivity index (χ0) is 15.0. The Morgan fingerprint density at radius 3 is 2.48 bits per heavy atom. The molecule has 1 N–H and O–H groups in total. The molecule has 1 aliphatic carbocycles. The lowest BCUT2D eigenvalue weighted by Crippen LogP contribution is -2.19. The van der Waals surface area contributed by atoms with Gasteiger partial charge < -0.3 is 5.32 Å². The highest BCUT2D eigenvalue weighted by Gasteiger charge is 2.25. The standard InChI is InChI=1S/C18H19F2N/c1-11-7-8-17(14-6-4-3-5-13(11)14)21-18-10-15(19)12(2)9-16(18)20/h3-6,9-11,17,21H,7-8H2,1-2H3. The van der Waals surface area contributed by atoms with Crippen LogP contribution in [0.2, 0.25) is 0 Å². The summed E-state index contributed by atoms with van der Waals surface area (Å²) in [6.07, 6.45) is 1.97. The molecule has 0 fully saturated rings. The lowest BCUT2D eigenvalue weighted by molar-refractivity contribution is 0.529. The summed E-state index contributed by atoms with van der Waals surface area (Å²) < 4.78 is 27.7. The number of hydrogen-bond acceptors (Lipinski definition) is 1. The molecule has 0 spiro atoms. The van der Waals surface area contributed by atoms with Crippen LogP contribution >= 0.6 is 0 Å². The van der Waals surface area contributed by atoms with Crippen molar-refractivity contribution in [3.05, 3.63) is 64.7 Å². The first kappa shape index (κ1) is 14.1. The number of aryl methyl sites for hydroxylation is 1. The Kier molecular flexibility index (Phi) is 3.66. The van der Waals surface area contributed by atoms with E-state index in [1.165, 1.54) is 23.3 Å². The first-order valence-corrected chi connectivity index (χ1v) is 7.37. The Bertz CT molecular complexity index is 666. The monoisotopic (exact) mass is 287 g/mol. The summed E-state index contributed by atoms with van der Waals surface area (Å²) in [5, 5.41) is 3.18. The lowest BCUT2D eigenvalue weighted by Gasteiger charge is -2.31. The Balaban J connectivity index is 1.93. The smallest absolute Gasteiger partial charge is 0.146 e. The van der Waals surface area contributed by atoms with Crippen LogP contribution < -0.4 is 5.32 Å². The van der Waals surface area contributed by atoms with Gasteiger partial charge in [0.1, 0.15) is 11.6 Å². The van der Waals surface area contributed by atoms with Gasteiger partial charge in [0.25, 0.3) is 0 Å². The van der Waals surface area contributed by atoms with E-state index in [1.807, 2.05) is 12.1 Å². The Labute approximate surface area is 124 Å². The summed E-state index contributed by atoms with van der Waals surface area (Å²) in [6.45, 7) is 3.78. The van der Waals surface area contributed by atoms with Crippen molar-refractivity contribution in [1.29, 1.82) is 0 Å². The van der Waals surface area contributed by atoms with E-state index < -0.39 is 5.82 Å². The van der Waals surface area contributed by atoms with Gasteiger partial charge in [-0.05, 0) is 48.4 Å². The molecule has 0 saturated carbocycles. The van der Waals surface area contributed by atoms with Crippen LogP contribution in [0.25, 0.3) is 0 Å². The van der Waals surface area contributed by atoms with Gasteiger partial charge >= 0.3 is 0 Å². The molecule has 110 valence electrons. The summed E-state index contributed by atoms with van der Waals surface area (Å²) in [7, 11) is 0. The third kappa shape index (κ3) is 2.65. The predicted molar refractivity (Wildman–Crippen MR) is 81.5 cm³/mol. The van der Waals surface area contributed by atoms with Crippen molar-refractivity contribution in [1.82, 2.24) is 0 Å². The summed E-state index contributed by atoms with van der Waals surface area (Å²) >= 11 is 0. The van der Waals surface area contributed by atoms with Gasteiger partial charge in [0.05, 0.1) is 11.7 Å². The molecule has 0 aliphatic heterocycles. The topological polar surface area (TPSA) is 12.0 Å². The van der Waals surface area contributed by atoms with Gasteiger partial charge in [0.15, 0.2) is 0 Å². The van der Waals surface area contributed by atoms with Crippen molar-refractivity contribution >= 4 is 5.69 Å². The molecule has 1 nitrogen and oxygen atoms in total. The molecule has 0 aromatic heterocycles. The molecule has 2 aromatic carbocycles. The highest BCUT2D eigenvalue weighted by Crippen LogP contribution is 2.39. The SMILES string of the molecule is Cc1cc(F)c(NC2CCC(C)c3ccccc32)cc1F. The normalized spacial score (nSPS) is 21.0. The molecule has 21 heavy (non-hydrogen) atoms. The fourth-order valence-corrected chi connectivity index (χ4v) is 3.10. The number of fused-ring (bicyclic) bond motifs is 1. The maximum absolute atomic E-state index is 14.0. The van der Waals surface area contributed by atoms with Crippen LogP contribution in [0, 0.1) is 18.6 Å². The summed E-state index contributed by atoms with van der Waals surface area (Å²) in [4.78, 5) is 0. The molecular weight excluding hydrogens is 268 g/mol. The van der Waals surface area contributed by atoms with Gasteiger partial charge in [-0.2, -0.15) is 0 Å². The summed E-state index contributed by atoms with van der Waals surface area (Å²) in [5.74, 6) is -0.264. The van der Waals surface area contributed by atoms with E-state index in [1.54, 1.807) is 6.92 Å². The number of halogens is 2. The van der Waals surface area contributed by atoms with Crippen LogP contribution in [0.3, 0.4) is 0 Å². The van der Waals surface area contributed by atoms with E-state index in [2.05, 4.69) is 24.4 Å². The second-order valence-electron chi connectivity index (χ2n) is 5.89. The van der Waals surface area contributed by atoms with E-state index in [-0.39, 0.29) is 17.5 Å². The summed E-state index contributed by atoms with van der Waals surface area (Å²) in [6, 6.07) is 10.8. The van der Waals surface area contributed by atoms with Crippen molar-refractivity contribution in [3.63, 3.8) is 0 Å².